The van der Waals surface area contributed by atoms with E-state index in [0.29, 0.717) is 17.3 Å². The molecule has 0 saturated heterocycles. The molecule has 108 valence electrons. The number of hydrogen-bond donors (Lipinski definition) is 2. The van der Waals surface area contributed by atoms with Crippen LogP contribution in [0.4, 0.5) is 0 Å². The van der Waals surface area contributed by atoms with Gasteiger partial charge in [0.25, 0.3) is 0 Å². The van der Waals surface area contributed by atoms with Crippen molar-refractivity contribution in [3.63, 3.8) is 0 Å². The Kier molecular flexibility index (Phi) is 4.73. The third kappa shape index (κ3) is 3.57. The summed E-state index contributed by atoms with van der Waals surface area (Å²) in [5.74, 6) is 0.236. The first kappa shape index (κ1) is 14.5. The summed E-state index contributed by atoms with van der Waals surface area (Å²) in [6.07, 6.45) is 1.90. The van der Waals surface area contributed by atoms with E-state index in [0.717, 1.165) is 5.56 Å². The maximum absolute atomic E-state index is 11.8. The molecule has 7 heteroatoms. The molecular formula is C13H15NO5S. The van der Waals surface area contributed by atoms with E-state index < -0.39 is 12.0 Å². The van der Waals surface area contributed by atoms with Gasteiger partial charge in [0, 0.05) is 5.75 Å². The van der Waals surface area contributed by atoms with Gasteiger partial charge in [-0.1, -0.05) is 6.07 Å². The van der Waals surface area contributed by atoms with Crippen LogP contribution in [0.5, 0.6) is 11.5 Å². The fraction of sp³-hybridized carbons (Fsp3) is 0.385. The number of carboxylic acids is 1. The first-order chi connectivity index (χ1) is 9.60. The number of aliphatic carboxylic acids is 1. The highest BCUT2D eigenvalue weighted by Crippen LogP contribution is 2.32. The molecule has 0 spiro atoms. The lowest BCUT2D eigenvalue weighted by Crippen LogP contribution is -2.43. The molecule has 0 unspecified atom stereocenters. The van der Waals surface area contributed by atoms with E-state index >= 15 is 0 Å². The van der Waals surface area contributed by atoms with Crippen molar-refractivity contribution >= 4 is 23.6 Å². The molecule has 0 bridgehead atoms. The lowest BCUT2D eigenvalue weighted by molar-refractivity contribution is -0.141. The molecule has 0 aliphatic carbocycles. The fourth-order valence-corrected chi connectivity index (χ4v) is 2.38. The van der Waals surface area contributed by atoms with Gasteiger partial charge in [-0.05, 0) is 24.0 Å². The number of ether oxygens (including phenoxy) is 2. The molecule has 0 aromatic heterocycles. The Labute approximate surface area is 120 Å². The number of thioether (sulfide) groups is 1. The SMILES string of the molecule is CSC[C@H](NC(=O)Cc1ccc2c(c1)OCO2)C(=O)O. The zero-order valence-electron chi connectivity index (χ0n) is 10.9. The molecular weight excluding hydrogens is 282 g/mol. The maximum atomic E-state index is 11.8. The van der Waals surface area contributed by atoms with Gasteiger partial charge in [-0.3, -0.25) is 4.79 Å². The van der Waals surface area contributed by atoms with E-state index in [4.69, 9.17) is 14.6 Å². The summed E-state index contributed by atoms with van der Waals surface area (Å²) >= 11 is 1.37. The molecule has 0 saturated carbocycles. The second kappa shape index (κ2) is 6.51. The number of carbonyl (C=O) groups excluding carboxylic acids is 1. The van der Waals surface area contributed by atoms with Crippen LogP contribution in [-0.4, -0.2) is 41.8 Å². The molecule has 6 nitrogen and oxygen atoms in total. The predicted octanol–water partition coefficient (Wildman–Crippen LogP) is 0.890. The first-order valence-corrected chi connectivity index (χ1v) is 7.39. The van der Waals surface area contributed by atoms with Crippen LogP contribution in [0, 0.1) is 0 Å². The van der Waals surface area contributed by atoms with Crippen molar-refractivity contribution in [2.24, 2.45) is 0 Å². The number of amides is 1. The lowest BCUT2D eigenvalue weighted by atomic mass is 10.1. The Hall–Kier alpha value is -1.89. The van der Waals surface area contributed by atoms with Gasteiger partial charge in [0.2, 0.25) is 12.7 Å². The van der Waals surface area contributed by atoms with E-state index in [1.165, 1.54) is 11.8 Å². The summed E-state index contributed by atoms with van der Waals surface area (Å²) in [4.78, 5) is 22.8. The van der Waals surface area contributed by atoms with Gasteiger partial charge in [0.15, 0.2) is 11.5 Å². The van der Waals surface area contributed by atoms with E-state index in [2.05, 4.69) is 5.32 Å². The van der Waals surface area contributed by atoms with Gasteiger partial charge in [-0.2, -0.15) is 11.8 Å². The monoisotopic (exact) mass is 297 g/mol. The average molecular weight is 297 g/mol. The largest absolute Gasteiger partial charge is 0.480 e. The number of nitrogens with one attached hydrogen (secondary N) is 1. The smallest absolute Gasteiger partial charge is 0.327 e. The molecule has 1 heterocycles. The molecule has 1 aliphatic rings. The van der Waals surface area contributed by atoms with Gasteiger partial charge in [-0.25, -0.2) is 4.79 Å². The molecule has 2 rings (SSSR count). The van der Waals surface area contributed by atoms with Gasteiger partial charge in [-0.15, -0.1) is 0 Å². The number of carbonyl (C=O) groups is 2. The van der Waals surface area contributed by atoms with Crippen LogP contribution in [0.2, 0.25) is 0 Å². The Morgan fingerprint density at radius 2 is 2.15 bits per heavy atom. The third-order valence-electron chi connectivity index (χ3n) is 2.77. The highest BCUT2D eigenvalue weighted by atomic mass is 32.2. The lowest BCUT2D eigenvalue weighted by Gasteiger charge is -2.13. The van der Waals surface area contributed by atoms with Crippen molar-refractivity contribution in [3.05, 3.63) is 23.8 Å². The molecule has 0 fully saturated rings. The Morgan fingerprint density at radius 1 is 1.40 bits per heavy atom. The number of fused-ring (bicyclic) bond motifs is 1. The van der Waals surface area contributed by atoms with E-state index in [1.54, 1.807) is 24.5 Å². The zero-order valence-corrected chi connectivity index (χ0v) is 11.7. The van der Waals surface area contributed by atoms with Crippen molar-refractivity contribution in [1.82, 2.24) is 5.32 Å². The van der Waals surface area contributed by atoms with Crippen LogP contribution in [-0.2, 0) is 16.0 Å². The Balaban J connectivity index is 1.95. The van der Waals surface area contributed by atoms with Crippen LogP contribution >= 0.6 is 11.8 Å². The molecule has 1 amide bonds. The highest BCUT2D eigenvalue weighted by molar-refractivity contribution is 7.98. The van der Waals surface area contributed by atoms with Crippen molar-refractivity contribution in [1.29, 1.82) is 0 Å². The summed E-state index contributed by atoms with van der Waals surface area (Å²) in [5.41, 5.74) is 0.750. The normalized spacial score (nSPS) is 13.8. The Morgan fingerprint density at radius 3 is 2.85 bits per heavy atom. The summed E-state index contributed by atoms with van der Waals surface area (Å²) in [6, 6.07) is 4.36. The van der Waals surface area contributed by atoms with Crippen molar-refractivity contribution < 1.29 is 24.2 Å². The molecule has 1 aliphatic heterocycles. The second-order valence-corrected chi connectivity index (χ2v) is 5.19. The van der Waals surface area contributed by atoms with Crippen LogP contribution in [0.1, 0.15) is 5.56 Å². The maximum Gasteiger partial charge on any atom is 0.327 e. The van der Waals surface area contributed by atoms with Gasteiger partial charge >= 0.3 is 5.97 Å². The van der Waals surface area contributed by atoms with E-state index in [-0.39, 0.29) is 19.1 Å². The third-order valence-corrected chi connectivity index (χ3v) is 3.43. The van der Waals surface area contributed by atoms with E-state index in [1.807, 2.05) is 0 Å². The minimum Gasteiger partial charge on any atom is -0.480 e. The van der Waals surface area contributed by atoms with Crippen LogP contribution < -0.4 is 14.8 Å². The summed E-state index contributed by atoms with van der Waals surface area (Å²) < 4.78 is 10.4. The van der Waals surface area contributed by atoms with Crippen molar-refractivity contribution in [2.75, 3.05) is 18.8 Å². The summed E-state index contributed by atoms with van der Waals surface area (Å²) in [7, 11) is 0. The summed E-state index contributed by atoms with van der Waals surface area (Å²) in [5, 5.41) is 11.5. The highest BCUT2D eigenvalue weighted by Gasteiger charge is 2.20. The number of rotatable bonds is 6. The van der Waals surface area contributed by atoms with Crippen LogP contribution in [0.15, 0.2) is 18.2 Å². The summed E-state index contributed by atoms with van der Waals surface area (Å²) in [6.45, 7) is 0.180. The van der Waals surface area contributed by atoms with Crippen molar-refractivity contribution in [3.8, 4) is 11.5 Å². The zero-order chi connectivity index (χ0) is 14.5. The molecule has 0 radical (unpaired) electrons. The molecule has 2 N–H and O–H groups in total. The van der Waals surface area contributed by atoms with Gasteiger partial charge < -0.3 is 19.9 Å². The van der Waals surface area contributed by atoms with E-state index in [9.17, 15) is 9.59 Å². The second-order valence-electron chi connectivity index (χ2n) is 4.28. The average Bonchev–Trinajstić information content (AvgIpc) is 2.85. The molecule has 1 atom stereocenters. The first-order valence-electron chi connectivity index (χ1n) is 6.00. The number of benzene rings is 1. The number of carboxylic acid groups (broad SMARTS) is 1. The molecule has 1 aromatic rings. The van der Waals surface area contributed by atoms with Crippen LogP contribution in [0.3, 0.4) is 0 Å². The number of hydrogen-bond acceptors (Lipinski definition) is 5. The Bertz CT molecular complexity index is 519. The predicted molar refractivity (Wildman–Crippen MR) is 74.2 cm³/mol. The van der Waals surface area contributed by atoms with Crippen molar-refractivity contribution in [2.45, 2.75) is 12.5 Å². The van der Waals surface area contributed by atoms with Crippen LogP contribution in [0.25, 0.3) is 0 Å². The fourth-order valence-electron chi connectivity index (χ4n) is 1.82. The molecule has 20 heavy (non-hydrogen) atoms. The standard InChI is InChI=1S/C13H15NO5S/c1-20-6-9(13(16)17)14-12(15)5-8-2-3-10-11(4-8)19-7-18-10/h2-4,9H,5-7H2,1H3,(H,14,15)(H,16,17)/t9-/m0/s1. The topological polar surface area (TPSA) is 84.9 Å². The van der Waals surface area contributed by atoms with Gasteiger partial charge in [0.1, 0.15) is 6.04 Å². The minimum atomic E-state index is -1.03. The minimum absolute atomic E-state index is 0.106. The quantitative estimate of drug-likeness (QED) is 0.811. The van der Waals surface area contributed by atoms with Gasteiger partial charge in [0.05, 0.1) is 6.42 Å². The molecule has 1 aromatic carbocycles.